The van der Waals surface area contributed by atoms with Crippen molar-refractivity contribution in [1.29, 1.82) is 15.8 Å². The van der Waals surface area contributed by atoms with Gasteiger partial charge in [0.1, 0.15) is 58.2 Å². The van der Waals surface area contributed by atoms with Gasteiger partial charge in [-0.15, -0.1) is 11.8 Å². The molecule has 0 radical (unpaired) electrons. The van der Waals surface area contributed by atoms with E-state index in [1.54, 1.807) is 74.5 Å². The van der Waals surface area contributed by atoms with Crippen molar-refractivity contribution in [2.75, 3.05) is 0 Å². The van der Waals surface area contributed by atoms with Crippen LogP contribution in [0.4, 0.5) is 0 Å². The Morgan fingerprint density at radius 3 is 0.598 bits per heavy atom. The molecule has 0 atom stereocenters. The largest absolute Gasteiger partial charge is 2.00 e. The average Bonchev–Trinajstić information content (AvgIpc) is 1.80. The minimum atomic E-state index is 0. The molecule has 0 bridgehead atoms. The number of nitriles is 3. The molecule has 548 valence electrons. The van der Waals surface area contributed by atoms with Crippen LogP contribution in [0.3, 0.4) is 0 Å². The molecule has 0 aliphatic rings. The fourth-order valence-corrected chi connectivity index (χ4v) is 6.62. The summed E-state index contributed by atoms with van der Waals surface area (Å²) >= 11 is 0. The molecule has 0 saturated heterocycles. The third kappa shape index (κ3) is 44.2. The summed E-state index contributed by atoms with van der Waals surface area (Å²) in [4.78, 5) is 42.4. The summed E-state index contributed by atoms with van der Waals surface area (Å²) in [5.74, 6) is 10.4. The first-order valence-electron chi connectivity index (χ1n) is 26.8. The molecule has 28 heteroatoms. The van der Waals surface area contributed by atoms with Gasteiger partial charge < -0.3 is 97.7 Å². The molecule has 0 fully saturated rings. The summed E-state index contributed by atoms with van der Waals surface area (Å²) in [7, 11) is 19.9. The Morgan fingerprint density at radius 1 is 0.402 bits per heavy atom. The summed E-state index contributed by atoms with van der Waals surface area (Å²) in [5, 5.41) is 23.6. The Labute approximate surface area is 652 Å². The van der Waals surface area contributed by atoms with Gasteiger partial charge in [0.15, 0.2) is 0 Å². The second-order valence-electron chi connectivity index (χ2n) is 18.7. The van der Waals surface area contributed by atoms with Crippen LogP contribution in [-0.2, 0) is 205 Å². The van der Waals surface area contributed by atoms with Crippen LogP contribution in [0.25, 0.3) is 0 Å². The average molecular weight is 1790 g/mol. The second-order valence-corrected chi connectivity index (χ2v) is 18.7. The Bertz CT molecular complexity index is 3030. The number of hydrogen-bond acceptors (Lipinski definition) is 13. The maximum atomic E-state index is 8.20. The van der Waals surface area contributed by atoms with Gasteiger partial charge in [0.25, 0.3) is 0 Å². The molecule has 23 nitrogen and oxygen atoms in total. The second kappa shape index (κ2) is 65.9. The van der Waals surface area contributed by atoms with Crippen LogP contribution in [0.1, 0.15) is 92.4 Å². The van der Waals surface area contributed by atoms with Crippen molar-refractivity contribution >= 4 is 0 Å². The van der Waals surface area contributed by atoms with Gasteiger partial charge in [-0.25, -0.2) is 74.7 Å². The summed E-state index contributed by atoms with van der Waals surface area (Å²) in [6.07, 6.45) is 46.5. The van der Waals surface area contributed by atoms with Gasteiger partial charge in [-0.3, -0.25) is 6.42 Å². The van der Waals surface area contributed by atoms with Gasteiger partial charge in [-0.2, -0.15) is 16.9 Å². The molecule has 0 N–H and O–H groups in total. The molecule has 0 spiro atoms. The van der Waals surface area contributed by atoms with E-state index in [2.05, 4.69) is 75.7 Å². The zero-order chi connectivity index (χ0) is 63.1. The molecule has 0 aliphatic heterocycles. The van der Waals surface area contributed by atoms with Crippen LogP contribution in [0.15, 0.2) is 166 Å². The van der Waals surface area contributed by atoms with E-state index in [1.807, 2.05) is 218 Å². The number of imidazole rings is 10. The van der Waals surface area contributed by atoms with E-state index in [-0.39, 0.29) is 154 Å². The predicted molar refractivity (Wildman–Crippen MR) is 376 cm³/mol. The maximum absolute atomic E-state index is 8.20. The Kier molecular flexibility index (Phi) is 77.3. The van der Waals surface area contributed by atoms with Crippen LogP contribution < -0.4 is 0 Å². The van der Waals surface area contributed by atoms with E-state index in [1.165, 1.54) is 12.2 Å². The van der Waals surface area contributed by atoms with Gasteiger partial charge in [0.05, 0.1) is 50.3 Å². The van der Waals surface area contributed by atoms with Gasteiger partial charge >= 0.3 is 61.3 Å². The first-order valence-corrected chi connectivity index (χ1v) is 26.8. The standard InChI is InChI=1S/5C9H12N4.C6H9N.C4H6N.C4H3N.C3H5.7CH3.5Pd/c5*1-12-5-3-10-8(12)7-9-11-4-6-13(9)2;1-5(2)6(3)4-7;2*1-2-3-4-5;1-3-2;;;;;;;;;;;;/h5*3-6H,7H2,1-2H3;1-3H3;3H,2H2,1H3;3H,1H2;3H,1-2H2;7*1H3;;;;;/q;;;;;;-1;;8*-1;;;3*+2. The fourth-order valence-electron chi connectivity index (χ4n) is 6.62. The molecule has 10 aromatic rings. The Hall–Kier alpha value is -7.38. The molecule has 10 aromatic heterocycles. The van der Waals surface area contributed by atoms with Crippen molar-refractivity contribution in [3.63, 3.8) is 0 Å². The van der Waals surface area contributed by atoms with E-state index in [0.29, 0.717) is 0 Å². The zero-order valence-corrected chi connectivity index (χ0v) is 68.3. The number of aryl methyl sites for hydroxylation is 10. The number of unbranched alkanes of at least 4 members (excludes halogenated alkanes) is 1. The minimum Gasteiger partial charge on any atom is -0.358 e. The van der Waals surface area contributed by atoms with Crippen molar-refractivity contribution in [3.8, 4) is 18.2 Å². The van der Waals surface area contributed by atoms with Gasteiger partial charge in [0, 0.05) is 241 Å². The van der Waals surface area contributed by atoms with E-state index >= 15 is 0 Å². The van der Waals surface area contributed by atoms with Crippen molar-refractivity contribution in [3.05, 3.63) is 290 Å². The van der Waals surface area contributed by atoms with E-state index in [0.717, 1.165) is 108 Å². The van der Waals surface area contributed by atoms with E-state index in [4.69, 9.17) is 15.8 Å². The van der Waals surface area contributed by atoms with E-state index < -0.39 is 0 Å². The smallest absolute Gasteiger partial charge is 0.358 e. The van der Waals surface area contributed by atoms with E-state index in [9.17, 15) is 0 Å². The van der Waals surface area contributed by atoms with Gasteiger partial charge in [-0.05, 0) is 20.8 Å². The maximum Gasteiger partial charge on any atom is 2.00 e. The summed E-state index contributed by atoms with van der Waals surface area (Å²) < 4.78 is 20.1. The molecule has 0 unspecified atom stereocenters. The third-order valence-corrected chi connectivity index (χ3v) is 12.2. The van der Waals surface area contributed by atoms with Gasteiger partial charge in [0.2, 0.25) is 0 Å². The van der Waals surface area contributed by atoms with Crippen molar-refractivity contribution in [1.82, 2.24) is 95.5 Å². The van der Waals surface area contributed by atoms with Crippen LogP contribution in [0, 0.1) is 99.3 Å². The Balaban J connectivity index is -0.0000000963. The topological polar surface area (TPSA) is 250 Å². The quantitative estimate of drug-likeness (QED) is 0.0506. The number of nitrogens with zero attached hydrogens (tertiary/aromatic N) is 23. The minimum absolute atomic E-state index is 0. The number of aromatic nitrogens is 20. The number of rotatable bonds is 11. The van der Waals surface area contributed by atoms with Crippen LogP contribution in [0.5, 0.6) is 0 Å². The monoisotopic (exact) mass is 1780 g/mol. The molecule has 0 amide bonds. The zero-order valence-electron chi connectivity index (χ0n) is 60.5. The van der Waals surface area contributed by atoms with Crippen LogP contribution in [0.2, 0.25) is 0 Å². The third-order valence-electron chi connectivity index (χ3n) is 12.2. The Morgan fingerprint density at radius 2 is 0.557 bits per heavy atom. The number of allylic oxidation sites excluding steroid dienone is 4. The number of hydrogen-bond donors (Lipinski definition) is 0. The SMILES string of the molecule is C=C=CC#N.C=C[CH2-].CC(C)=C(C)C#N.CC[CH-]C#N.Cn1ccnc1Cc1nccn1C.Cn1ccnc1Cc1nccn1C.Cn1ccnc1Cc1nccn1C.Cn1ccnc1Cc1nccn1C.Cn1ccnc1Cc1nccn1C.[CH3-].[CH3-].[CH3-].[CH3-].[CH3-].[CH3-].[CH3-].[Pd+2].[Pd+2].[Pd+2].[Pd].[Pd]. The first kappa shape index (κ1) is 114. The molecule has 10 heterocycles. The van der Waals surface area contributed by atoms with Gasteiger partial charge in [-0.1, -0.05) is 19.1 Å². The molecule has 10 rings (SSSR count). The fraction of sp³-hybridized carbons (Fsp3) is 0.290. The summed E-state index contributed by atoms with van der Waals surface area (Å²) in [5.41, 5.74) is 4.20. The van der Waals surface area contributed by atoms with Crippen LogP contribution in [-0.4, -0.2) is 95.5 Å². The predicted octanol–water partition coefficient (Wildman–Crippen LogP) is 11.7. The first-order chi connectivity index (χ1) is 40.8. The molecule has 0 aliphatic carbocycles. The molecular weight excluding hydrogens is 1680 g/mol. The van der Waals surface area contributed by atoms with Crippen molar-refractivity contribution < 1.29 is 102 Å². The summed E-state index contributed by atoms with van der Waals surface area (Å²) in [6, 6.07) is 5.66. The normalized spacial score (nSPS) is 8.24. The summed E-state index contributed by atoms with van der Waals surface area (Å²) in [6.45, 7) is 17.3. The molecular formula is C69H104N23Pd5-3. The van der Waals surface area contributed by atoms with Crippen LogP contribution >= 0.6 is 0 Å². The molecule has 0 aromatic carbocycles. The van der Waals surface area contributed by atoms with Crippen molar-refractivity contribution in [2.45, 2.75) is 66.2 Å². The van der Waals surface area contributed by atoms with Crippen molar-refractivity contribution in [2.24, 2.45) is 70.5 Å². The molecule has 0 saturated carbocycles. The molecule has 97 heavy (non-hydrogen) atoms.